The van der Waals surface area contributed by atoms with Gasteiger partial charge in [-0.3, -0.25) is 0 Å². The van der Waals surface area contributed by atoms with Gasteiger partial charge in [0.15, 0.2) is 0 Å². The summed E-state index contributed by atoms with van der Waals surface area (Å²) in [5.74, 6) is 0.331. The predicted octanol–water partition coefficient (Wildman–Crippen LogP) is 3.59. The molecule has 2 rings (SSSR count). The summed E-state index contributed by atoms with van der Waals surface area (Å²) in [6.45, 7) is 5.16. The number of phenolic OH excluding ortho intramolecular Hbond substituents is 1. The maximum atomic E-state index is 9.55. The smallest absolute Gasteiger partial charge is 0.115 e. The molecule has 0 aliphatic rings. The Morgan fingerprint density at radius 2 is 1.89 bits per heavy atom. The van der Waals surface area contributed by atoms with Crippen molar-refractivity contribution >= 4 is 0 Å². The highest BCUT2D eigenvalue weighted by Gasteiger charge is 2.11. The molecule has 0 aromatic heterocycles. The van der Waals surface area contributed by atoms with E-state index in [-0.39, 0.29) is 6.04 Å². The first-order valence-electron chi connectivity index (χ1n) is 6.77. The van der Waals surface area contributed by atoms with Gasteiger partial charge in [0.1, 0.15) is 5.75 Å². The fraction of sp³-hybridized carbons (Fsp3) is 0.294. The van der Waals surface area contributed by atoms with Crippen molar-refractivity contribution in [3.05, 3.63) is 65.2 Å². The summed E-state index contributed by atoms with van der Waals surface area (Å²) in [6.07, 6.45) is 0.881. The van der Waals surface area contributed by atoms with E-state index in [1.165, 1.54) is 11.1 Å². The minimum Gasteiger partial charge on any atom is -0.508 e. The average molecular weight is 255 g/mol. The molecule has 2 aromatic rings. The third-order valence-electron chi connectivity index (χ3n) is 3.25. The number of hydrogen-bond acceptors (Lipinski definition) is 2. The first-order chi connectivity index (χ1) is 9.19. The lowest BCUT2D eigenvalue weighted by atomic mass is 9.97. The molecule has 0 aliphatic heterocycles. The molecule has 0 amide bonds. The molecule has 0 spiro atoms. The number of aromatic hydroxyl groups is 1. The van der Waals surface area contributed by atoms with E-state index in [0.29, 0.717) is 5.75 Å². The molecule has 2 heteroatoms. The Labute approximate surface area is 115 Å². The molecule has 0 fully saturated rings. The summed E-state index contributed by atoms with van der Waals surface area (Å²) < 4.78 is 0. The first kappa shape index (κ1) is 13.6. The van der Waals surface area contributed by atoms with Crippen LogP contribution in [0.5, 0.6) is 5.75 Å². The van der Waals surface area contributed by atoms with Gasteiger partial charge in [0.05, 0.1) is 0 Å². The molecule has 2 N–H and O–H groups in total. The minimum atomic E-state index is 0.284. The molecule has 1 atom stereocenters. The van der Waals surface area contributed by atoms with Crippen molar-refractivity contribution < 1.29 is 5.11 Å². The maximum Gasteiger partial charge on any atom is 0.115 e. The van der Waals surface area contributed by atoms with E-state index in [9.17, 15) is 5.11 Å². The van der Waals surface area contributed by atoms with Crippen molar-refractivity contribution in [2.75, 3.05) is 6.54 Å². The normalized spacial score (nSPS) is 12.3. The molecule has 0 aliphatic carbocycles. The zero-order chi connectivity index (χ0) is 13.7. The van der Waals surface area contributed by atoms with Crippen molar-refractivity contribution in [2.45, 2.75) is 26.3 Å². The molecule has 1 unspecified atom stereocenters. The van der Waals surface area contributed by atoms with E-state index in [1.807, 2.05) is 12.1 Å². The van der Waals surface area contributed by atoms with Gasteiger partial charge < -0.3 is 10.4 Å². The van der Waals surface area contributed by atoms with Crippen LogP contribution >= 0.6 is 0 Å². The number of nitrogens with one attached hydrogen (secondary N) is 1. The topological polar surface area (TPSA) is 32.3 Å². The van der Waals surface area contributed by atoms with Gasteiger partial charge in [-0.05, 0) is 43.1 Å². The van der Waals surface area contributed by atoms with Gasteiger partial charge in [0.25, 0.3) is 0 Å². The fourth-order valence-corrected chi connectivity index (χ4v) is 2.36. The summed E-state index contributed by atoms with van der Waals surface area (Å²) in [5, 5.41) is 13.1. The standard InChI is InChI=1S/C17H21NO/c1-3-18-17(15-8-4-6-13(2)10-15)12-14-7-5-9-16(19)11-14/h4-11,17-19H,3,12H2,1-2H3. The second-order valence-electron chi connectivity index (χ2n) is 4.90. The van der Waals surface area contributed by atoms with Crippen molar-refractivity contribution in [3.63, 3.8) is 0 Å². The Morgan fingerprint density at radius 3 is 2.58 bits per heavy atom. The van der Waals surface area contributed by atoms with E-state index in [1.54, 1.807) is 6.07 Å². The number of likely N-dealkylation sites (N-methyl/N-ethyl adjacent to an activating group) is 1. The molecular formula is C17H21NO. The fourth-order valence-electron chi connectivity index (χ4n) is 2.36. The molecule has 100 valence electrons. The Morgan fingerprint density at radius 1 is 1.11 bits per heavy atom. The lowest BCUT2D eigenvalue weighted by molar-refractivity contribution is 0.473. The lowest BCUT2D eigenvalue weighted by Gasteiger charge is -2.19. The van der Waals surface area contributed by atoms with Crippen LogP contribution in [0.15, 0.2) is 48.5 Å². The zero-order valence-electron chi connectivity index (χ0n) is 11.6. The highest BCUT2D eigenvalue weighted by molar-refractivity contribution is 5.31. The number of hydrogen-bond donors (Lipinski definition) is 2. The monoisotopic (exact) mass is 255 g/mol. The number of rotatable bonds is 5. The summed E-state index contributed by atoms with van der Waals surface area (Å²) in [5.41, 5.74) is 3.72. The van der Waals surface area contributed by atoms with Crippen LogP contribution in [0.3, 0.4) is 0 Å². The van der Waals surface area contributed by atoms with Gasteiger partial charge in [0.2, 0.25) is 0 Å². The zero-order valence-corrected chi connectivity index (χ0v) is 11.6. The molecule has 19 heavy (non-hydrogen) atoms. The SMILES string of the molecule is CCNC(Cc1cccc(O)c1)c1cccc(C)c1. The molecule has 0 radical (unpaired) electrons. The van der Waals surface area contributed by atoms with E-state index in [0.717, 1.165) is 18.5 Å². The van der Waals surface area contributed by atoms with Crippen molar-refractivity contribution in [1.29, 1.82) is 0 Å². The van der Waals surface area contributed by atoms with E-state index in [2.05, 4.69) is 49.5 Å². The highest BCUT2D eigenvalue weighted by Crippen LogP contribution is 2.21. The summed E-state index contributed by atoms with van der Waals surface area (Å²) >= 11 is 0. The van der Waals surface area contributed by atoms with Crippen LogP contribution in [0, 0.1) is 6.92 Å². The summed E-state index contributed by atoms with van der Waals surface area (Å²) in [7, 11) is 0. The lowest BCUT2D eigenvalue weighted by Crippen LogP contribution is -2.23. The third-order valence-corrected chi connectivity index (χ3v) is 3.25. The van der Waals surface area contributed by atoms with Crippen LogP contribution in [-0.2, 0) is 6.42 Å². The molecule has 2 aromatic carbocycles. The van der Waals surface area contributed by atoms with Crippen LogP contribution in [0.4, 0.5) is 0 Å². The second kappa shape index (κ2) is 6.39. The molecule has 0 bridgehead atoms. The third kappa shape index (κ3) is 3.83. The second-order valence-corrected chi connectivity index (χ2v) is 4.90. The largest absolute Gasteiger partial charge is 0.508 e. The van der Waals surface area contributed by atoms with Gasteiger partial charge in [-0.25, -0.2) is 0 Å². The van der Waals surface area contributed by atoms with E-state index < -0.39 is 0 Å². The number of aryl methyl sites for hydroxylation is 1. The van der Waals surface area contributed by atoms with Gasteiger partial charge in [-0.2, -0.15) is 0 Å². The van der Waals surface area contributed by atoms with Crippen LogP contribution in [0.25, 0.3) is 0 Å². The van der Waals surface area contributed by atoms with Crippen molar-refractivity contribution in [3.8, 4) is 5.75 Å². The maximum absolute atomic E-state index is 9.55. The van der Waals surface area contributed by atoms with E-state index in [4.69, 9.17) is 0 Å². The van der Waals surface area contributed by atoms with E-state index >= 15 is 0 Å². The molecule has 0 saturated heterocycles. The Balaban J connectivity index is 2.21. The van der Waals surface area contributed by atoms with Crippen molar-refractivity contribution in [1.82, 2.24) is 5.32 Å². The Kier molecular flexibility index (Phi) is 4.58. The van der Waals surface area contributed by atoms with Gasteiger partial charge >= 0.3 is 0 Å². The summed E-state index contributed by atoms with van der Waals surface area (Å²) in [4.78, 5) is 0. The Bertz CT molecular complexity index is 536. The van der Waals surface area contributed by atoms with Gasteiger partial charge in [-0.15, -0.1) is 0 Å². The predicted molar refractivity (Wildman–Crippen MR) is 79.4 cm³/mol. The summed E-state index contributed by atoms with van der Waals surface area (Å²) in [6, 6.07) is 16.4. The quantitative estimate of drug-likeness (QED) is 0.855. The van der Waals surface area contributed by atoms with Crippen LogP contribution in [0.2, 0.25) is 0 Å². The number of benzene rings is 2. The molecular weight excluding hydrogens is 234 g/mol. The van der Waals surface area contributed by atoms with Crippen LogP contribution in [-0.4, -0.2) is 11.7 Å². The molecule has 0 heterocycles. The molecule has 2 nitrogen and oxygen atoms in total. The van der Waals surface area contributed by atoms with Gasteiger partial charge in [0, 0.05) is 6.04 Å². The molecule has 0 saturated carbocycles. The Hall–Kier alpha value is -1.80. The van der Waals surface area contributed by atoms with Crippen LogP contribution < -0.4 is 5.32 Å². The first-order valence-corrected chi connectivity index (χ1v) is 6.77. The minimum absolute atomic E-state index is 0.284. The van der Waals surface area contributed by atoms with Crippen LogP contribution in [0.1, 0.15) is 29.7 Å². The highest BCUT2D eigenvalue weighted by atomic mass is 16.3. The van der Waals surface area contributed by atoms with Gasteiger partial charge in [-0.1, -0.05) is 48.9 Å². The average Bonchev–Trinajstić information content (AvgIpc) is 2.38. The number of phenols is 1. The van der Waals surface area contributed by atoms with Crippen molar-refractivity contribution in [2.24, 2.45) is 0 Å².